The summed E-state index contributed by atoms with van der Waals surface area (Å²) in [5.74, 6) is -0.434. The quantitative estimate of drug-likeness (QED) is 0.661. The molecule has 4 heteroatoms. The first-order valence-corrected chi connectivity index (χ1v) is 7.32. The van der Waals surface area contributed by atoms with Crippen molar-refractivity contribution in [1.82, 2.24) is 0 Å². The van der Waals surface area contributed by atoms with Crippen LogP contribution in [-0.4, -0.2) is 5.91 Å². The minimum absolute atomic E-state index is 0.0208. The standard InChI is InChI=1S/C19H19N3O/c1-13-6-4-8-17(10-13)22-19(23)16(11-20)12-21-18-9-5-7-14(2)15(18)3/h4-10,12,21H,1-3H3,(H,22,23)/b16-12-. The molecule has 2 aromatic rings. The monoisotopic (exact) mass is 305 g/mol. The van der Waals surface area contributed by atoms with Gasteiger partial charge in [-0.2, -0.15) is 5.26 Å². The second kappa shape index (κ2) is 7.28. The highest BCUT2D eigenvalue weighted by Gasteiger charge is 2.09. The molecule has 0 spiro atoms. The molecule has 0 bridgehead atoms. The van der Waals surface area contributed by atoms with E-state index >= 15 is 0 Å². The molecular weight excluding hydrogens is 286 g/mol. The zero-order valence-corrected chi connectivity index (χ0v) is 13.5. The Labute approximate surface area is 136 Å². The summed E-state index contributed by atoms with van der Waals surface area (Å²) in [5.41, 5.74) is 4.83. The maximum atomic E-state index is 12.2. The number of nitrogens with zero attached hydrogens (tertiary/aromatic N) is 1. The third-order valence-electron chi connectivity index (χ3n) is 3.62. The van der Waals surface area contributed by atoms with Crippen LogP contribution in [0.4, 0.5) is 11.4 Å². The Kier molecular flexibility index (Phi) is 5.16. The van der Waals surface area contributed by atoms with Crippen molar-refractivity contribution in [2.24, 2.45) is 0 Å². The molecule has 0 heterocycles. The maximum Gasteiger partial charge on any atom is 0.267 e. The second-order valence-corrected chi connectivity index (χ2v) is 5.39. The van der Waals surface area contributed by atoms with E-state index in [9.17, 15) is 10.1 Å². The summed E-state index contributed by atoms with van der Waals surface area (Å²) < 4.78 is 0. The van der Waals surface area contributed by atoms with Crippen molar-refractivity contribution in [2.75, 3.05) is 10.6 Å². The SMILES string of the molecule is Cc1cccc(NC(=O)/C(C#N)=C\Nc2cccc(C)c2C)c1. The molecule has 23 heavy (non-hydrogen) atoms. The molecule has 0 aliphatic heterocycles. The van der Waals surface area contributed by atoms with Gasteiger partial charge in [-0.25, -0.2) is 0 Å². The molecule has 0 fully saturated rings. The number of rotatable bonds is 4. The van der Waals surface area contributed by atoms with Gasteiger partial charge in [0.2, 0.25) is 0 Å². The fraction of sp³-hybridized carbons (Fsp3) is 0.158. The molecule has 0 radical (unpaired) electrons. The van der Waals surface area contributed by atoms with E-state index in [1.54, 1.807) is 6.07 Å². The summed E-state index contributed by atoms with van der Waals surface area (Å²) in [6.07, 6.45) is 1.44. The van der Waals surface area contributed by atoms with Gasteiger partial charge in [-0.05, 0) is 55.7 Å². The van der Waals surface area contributed by atoms with Crippen LogP contribution in [0.5, 0.6) is 0 Å². The first-order chi connectivity index (χ1) is 11.0. The van der Waals surface area contributed by atoms with Gasteiger partial charge in [0.05, 0.1) is 0 Å². The second-order valence-electron chi connectivity index (χ2n) is 5.39. The summed E-state index contributed by atoms with van der Waals surface area (Å²) in [5, 5.41) is 15.0. The average molecular weight is 305 g/mol. The highest BCUT2D eigenvalue weighted by atomic mass is 16.1. The Balaban J connectivity index is 2.14. The summed E-state index contributed by atoms with van der Waals surface area (Å²) in [7, 11) is 0. The van der Waals surface area contributed by atoms with Crippen molar-refractivity contribution in [2.45, 2.75) is 20.8 Å². The highest BCUT2D eigenvalue weighted by Crippen LogP contribution is 2.18. The minimum Gasteiger partial charge on any atom is -0.360 e. The van der Waals surface area contributed by atoms with Crippen LogP contribution in [0, 0.1) is 32.1 Å². The summed E-state index contributed by atoms with van der Waals surface area (Å²) in [6.45, 7) is 5.95. The van der Waals surface area contributed by atoms with Crippen LogP contribution < -0.4 is 10.6 Å². The van der Waals surface area contributed by atoms with Crippen LogP contribution in [0.2, 0.25) is 0 Å². The van der Waals surface area contributed by atoms with Crippen molar-refractivity contribution in [1.29, 1.82) is 5.26 Å². The lowest BCUT2D eigenvalue weighted by atomic mass is 10.1. The lowest BCUT2D eigenvalue weighted by molar-refractivity contribution is -0.112. The topological polar surface area (TPSA) is 64.9 Å². The van der Waals surface area contributed by atoms with Gasteiger partial charge in [0, 0.05) is 17.6 Å². The predicted molar refractivity (Wildman–Crippen MR) is 93.0 cm³/mol. The summed E-state index contributed by atoms with van der Waals surface area (Å²) >= 11 is 0. The molecule has 1 amide bonds. The smallest absolute Gasteiger partial charge is 0.267 e. The number of carbonyl (C=O) groups excluding carboxylic acids is 1. The number of anilines is 2. The summed E-state index contributed by atoms with van der Waals surface area (Å²) in [6, 6.07) is 15.2. The zero-order valence-electron chi connectivity index (χ0n) is 13.5. The first-order valence-electron chi connectivity index (χ1n) is 7.32. The van der Waals surface area contributed by atoms with Crippen LogP contribution in [0.15, 0.2) is 54.2 Å². The van der Waals surface area contributed by atoms with Crippen LogP contribution in [0.1, 0.15) is 16.7 Å². The molecule has 2 aromatic carbocycles. The van der Waals surface area contributed by atoms with E-state index in [1.807, 2.05) is 63.2 Å². The third-order valence-corrected chi connectivity index (χ3v) is 3.62. The largest absolute Gasteiger partial charge is 0.360 e. The van der Waals surface area contributed by atoms with Gasteiger partial charge in [0.15, 0.2) is 0 Å². The van der Waals surface area contributed by atoms with E-state index in [0.29, 0.717) is 5.69 Å². The van der Waals surface area contributed by atoms with Crippen LogP contribution in [0.25, 0.3) is 0 Å². The number of nitriles is 1. The van der Waals surface area contributed by atoms with Crippen molar-refractivity contribution >= 4 is 17.3 Å². The third kappa shape index (κ3) is 4.21. The van der Waals surface area contributed by atoms with E-state index < -0.39 is 5.91 Å². The van der Waals surface area contributed by atoms with E-state index in [4.69, 9.17) is 0 Å². The Morgan fingerprint density at radius 2 is 1.87 bits per heavy atom. The fourth-order valence-corrected chi connectivity index (χ4v) is 2.13. The highest BCUT2D eigenvalue weighted by molar-refractivity contribution is 6.06. The van der Waals surface area contributed by atoms with Gasteiger partial charge >= 0.3 is 0 Å². The fourth-order valence-electron chi connectivity index (χ4n) is 2.13. The molecule has 2 N–H and O–H groups in total. The van der Waals surface area contributed by atoms with Gasteiger partial charge in [-0.3, -0.25) is 4.79 Å². The molecule has 116 valence electrons. The zero-order chi connectivity index (χ0) is 16.8. The first kappa shape index (κ1) is 16.3. The molecule has 4 nitrogen and oxygen atoms in total. The molecule has 2 rings (SSSR count). The van der Waals surface area contributed by atoms with E-state index in [2.05, 4.69) is 10.6 Å². The van der Waals surface area contributed by atoms with Crippen LogP contribution in [-0.2, 0) is 4.79 Å². The van der Waals surface area contributed by atoms with Crippen LogP contribution in [0.3, 0.4) is 0 Å². The molecule has 0 aromatic heterocycles. The van der Waals surface area contributed by atoms with Crippen LogP contribution >= 0.6 is 0 Å². The molecule has 0 saturated heterocycles. The predicted octanol–water partition coefficient (Wildman–Crippen LogP) is 4.07. The number of hydrogen-bond acceptors (Lipinski definition) is 3. The number of hydrogen-bond donors (Lipinski definition) is 2. The van der Waals surface area contributed by atoms with Crippen molar-refractivity contribution < 1.29 is 4.79 Å². The molecule has 0 aliphatic rings. The number of carbonyl (C=O) groups is 1. The van der Waals surface area contributed by atoms with Crippen molar-refractivity contribution in [3.05, 3.63) is 70.9 Å². The number of amides is 1. The van der Waals surface area contributed by atoms with E-state index in [-0.39, 0.29) is 5.57 Å². The van der Waals surface area contributed by atoms with E-state index in [1.165, 1.54) is 6.20 Å². The normalized spacial score (nSPS) is 10.8. The Morgan fingerprint density at radius 3 is 2.57 bits per heavy atom. The van der Waals surface area contributed by atoms with Gasteiger partial charge in [0.1, 0.15) is 11.6 Å². The van der Waals surface area contributed by atoms with Gasteiger partial charge in [0.25, 0.3) is 5.91 Å². The minimum atomic E-state index is -0.434. The van der Waals surface area contributed by atoms with Crippen molar-refractivity contribution in [3.63, 3.8) is 0 Å². The molecule has 0 aliphatic carbocycles. The molecular formula is C19H19N3O. The Hall–Kier alpha value is -3.06. The molecule has 0 unspecified atom stereocenters. The lowest BCUT2D eigenvalue weighted by Gasteiger charge is -2.09. The van der Waals surface area contributed by atoms with Gasteiger partial charge < -0.3 is 10.6 Å². The molecule has 0 atom stereocenters. The van der Waals surface area contributed by atoms with E-state index in [0.717, 1.165) is 22.4 Å². The number of benzene rings is 2. The summed E-state index contributed by atoms with van der Waals surface area (Å²) in [4.78, 5) is 12.2. The Morgan fingerprint density at radius 1 is 1.13 bits per heavy atom. The van der Waals surface area contributed by atoms with Gasteiger partial charge in [-0.15, -0.1) is 0 Å². The average Bonchev–Trinajstić information content (AvgIpc) is 2.52. The molecule has 0 saturated carbocycles. The van der Waals surface area contributed by atoms with Crippen molar-refractivity contribution in [3.8, 4) is 6.07 Å². The lowest BCUT2D eigenvalue weighted by Crippen LogP contribution is -2.14. The maximum absolute atomic E-state index is 12.2. The number of aryl methyl sites for hydroxylation is 2. The Bertz CT molecular complexity index is 801. The van der Waals surface area contributed by atoms with Gasteiger partial charge in [-0.1, -0.05) is 24.3 Å². The number of nitrogens with one attached hydrogen (secondary N) is 2.